The first-order valence-corrected chi connectivity index (χ1v) is 14.7. The summed E-state index contributed by atoms with van der Waals surface area (Å²) in [5, 5.41) is 0. The highest BCUT2D eigenvalue weighted by molar-refractivity contribution is 8.23. The number of amides is 1. The molecule has 2 rings (SSSR count). The molecule has 0 saturated carbocycles. The number of nitrogens with zero attached hydrogens (tertiary/aromatic N) is 1. The summed E-state index contributed by atoms with van der Waals surface area (Å²) in [6.45, 7) is 12.6. The summed E-state index contributed by atoms with van der Waals surface area (Å²) >= 11 is 7.19. The molecule has 0 radical (unpaired) electrons. The highest BCUT2D eigenvalue weighted by Gasteiger charge is 2.40. The van der Waals surface area contributed by atoms with Gasteiger partial charge in [-0.3, -0.25) is 9.69 Å². The number of carbonyl (C=O) groups is 1. The fourth-order valence-electron chi connectivity index (χ4n) is 3.99. The molecule has 1 aliphatic rings. The van der Waals surface area contributed by atoms with E-state index in [0.717, 1.165) is 30.3 Å². The molecule has 0 N–H and O–H groups in total. The number of thioether (sulfide) groups is 1. The van der Waals surface area contributed by atoms with E-state index < -0.39 is 8.32 Å². The molecule has 1 aromatic rings. The van der Waals surface area contributed by atoms with Crippen molar-refractivity contribution >= 4 is 42.5 Å². The SMILES string of the molecule is C=CC[C@H](O[Si](CC)(CC)CC)[C@@H](C)C(=O)N1C(=S)SC[C@@H]1Cc1ccccc1. The molecule has 3 atom stereocenters. The van der Waals surface area contributed by atoms with E-state index in [4.69, 9.17) is 16.6 Å². The summed E-state index contributed by atoms with van der Waals surface area (Å²) in [7, 11) is -1.82. The highest BCUT2D eigenvalue weighted by Crippen LogP contribution is 2.32. The van der Waals surface area contributed by atoms with Crippen molar-refractivity contribution in [3.05, 3.63) is 48.6 Å². The van der Waals surface area contributed by atoms with Crippen molar-refractivity contribution < 1.29 is 9.22 Å². The van der Waals surface area contributed by atoms with Crippen LogP contribution in [0.4, 0.5) is 0 Å². The molecule has 0 bridgehead atoms. The minimum Gasteiger partial charge on any atom is -0.413 e. The molecule has 6 heteroatoms. The smallest absolute Gasteiger partial charge is 0.233 e. The number of carbonyl (C=O) groups excluding carboxylic acids is 1. The van der Waals surface area contributed by atoms with Crippen molar-refractivity contribution in [3.63, 3.8) is 0 Å². The third-order valence-electron chi connectivity index (χ3n) is 6.19. The fraction of sp³-hybridized carbons (Fsp3) is 0.565. The lowest BCUT2D eigenvalue weighted by molar-refractivity contribution is -0.135. The van der Waals surface area contributed by atoms with Crippen molar-refractivity contribution in [2.24, 2.45) is 5.92 Å². The standard InChI is InChI=1S/C23H35NO2S2Si/c1-6-13-21(26-29(7-2,8-3)9-4)18(5)22(25)24-20(17-28-23(24)27)16-19-14-11-10-12-15-19/h6,10-12,14-15,18,20-21H,1,7-9,13,16-17H2,2-5H3/t18-,20+,21+/m1/s1. The van der Waals surface area contributed by atoms with Gasteiger partial charge in [0.1, 0.15) is 4.32 Å². The molecule has 1 heterocycles. The first kappa shape index (κ1) is 24.3. The quantitative estimate of drug-likeness (QED) is 0.233. The Morgan fingerprint density at radius 1 is 1.31 bits per heavy atom. The maximum absolute atomic E-state index is 13.5. The van der Waals surface area contributed by atoms with Crippen LogP contribution in [0.25, 0.3) is 0 Å². The maximum atomic E-state index is 13.5. The average molecular weight is 450 g/mol. The molecule has 1 amide bonds. The molecule has 1 fully saturated rings. The van der Waals surface area contributed by atoms with Crippen molar-refractivity contribution in [2.75, 3.05) is 5.75 Å². The molecular weight excluding hydrogens is 414 g/mol. The average Bonchev–Trinajstić information content (AvgIpc) is 3.11. The van der Waals surface area contributed by atoms with E-state index in [1.165, 1.54) is 5.56 Å². The first-order chi connectivity index (χ1) is 13.9. The summed E-state index contributed by atoms with van der Waals surface area (Å²) in [5.41, 5.74) is 1.24. The van der Waals surface area contributed by atoms with E-state index in [0.29, 0.717) is 10.7 Å². The largest absolute Gasteiger partial charge is 0.413 e. The zero-order chi connectivity index (χ0) is 21.4. The van der Waals surface area contributed by atoms with Crippen LogP contribution in [0.15, 0.2) is 43.0 Å². The molecular formula is C23H35NO2S2Si. The van der Waals surface area contributed by atoms with Gasteiger partial charge < -0.3 is 4.43 Å². The van der Waals surface area contributed by atoms with Crippen LogP contribution in [0.3, 0.4) is 0 Å². The van der Waals surface area contributed by atoms with Crippen LogP contribution in [-0.2, 0) is 15.6 Å². The topological polar surface area (TPSA) is 29.5 Å². The number of thiocarbonyl (C=S) groups is 1. The number of hydrogen-bond acceptors (Lipinski definition) is 4. The van der Waals surface area contributed by atoms with E-state index in [1.807, 2.05) is 36.1 Å². The molecule has 160 valence electrons. The zero-order valence-corrected chi connectivity index (χ0v) is 20.9. The molecule has 0 aliphatic carbocycles. The normalized spacial score (nSPS) is 19.2. The molecule has 0 aromatic heterocycles. The van der Waals surface area contributed by atoms with Gasteiger partial charge in [-0.15, -0.1) is 6.58 Å². The molecule has 29 heavy (non-hydrogen) atoms. The molecule has 1 aliphatic heterocycles. The Bertz CT molecular complexity index is 685. The second-order valence-electron chi connectivity index (χ2n) is 7.84. The lowest BCUT2D eigenvalue weighted by Crippen LogP contribution is -2.49. The van der Waals surface area contributed by atoms with Crippen LogP contribution >= 0.6 is 24.0 Å². The Hall–Kier alpha value is -0.953. The molecule has 0 spiro atoms. The van der Waals surface area contributed by atoms with Crippen molar-refractivity contribution in [1.29, 1.82) is 0 Å². The Kier molecular flexibility index (Phi) is 9.59. The Balaban J connectivity index is 2.18. The number of benzene rings is 1. The number of rotatable bonds is 11. The summed E-state index contributed by atoms with van der Waals surface area (Å²) < 4.78 is 7.43. The Morgan fingerprint density at radius 3 is 2.48 bits per heavy atom. The van der Waals surface area contributed by atoms with Gasteiger partial charge in [0.15, 0.2) is 8.32 Å². The van der Waals surface area contributed by atoms with Crippen molar-refractivity contribution in [3.8, 4) is 0 Å². The molecule has 3 nitrogen and oxygen atoms in total. The fourth-order valence-corrected chi connectivity index (χ4v) is 8.35. The summed E-state index contributed by atoms with van der Waals surface area (Å²) in [6.07, 6.45) is 3.28. The third-order valence-corrected chi connectivity index (χ3v) is 12.4. The monoisotopic (exact) mass is 449 g/mol. The zero-order valence-electron chi connectivity index (χ0n) is 18.2. The van der Waals surface area contributed by atoms with E-state index in [9.17, 15) is 4.79 Å². The van der Waals surface area contributed by atoms with E-state index >= 15 is 0 Å². The summed E-state index contributed by atoms with van der Waals surface area (Å²) in [5.74, 6) is 0.718. The lowest BCUT2D eigenvalue weighted by Gasteiger charge is -2.37. The van der Waals surface area contributed by atoms with Crippen molar-refractivity contribution in [1.82, 2.24) is 4.90 Å². The summed E-state index contributed by atoms with van der Waals surface area (Å²) in [6, 6.07) is 13.7. The minimum absolute atomic E-state index is 0.0963. The van der Waals surface area contributed by atoms with Crippen LogP contribution in [0, 0.1) is 5.92 Å². The van der Waals surface area contributed by atoms with Crippen LogP contribution in [-0.4, -0.2) is 41.3 Å². The van der Waals surface area contributed by atoms with Gasteiger partial charge in [-0.1, -0.05) is 88.1 Å². The Morgan fingerprint density at radius 2 is 1.93 bits per heavy atom. The van der Waals surface area contributed by atoms with Gasteiger partial charge in [-0.25, -0.2) is 0 Å². The van der Waals surface area contributed by atoms with E-state index in [-0.39, 0.29) is 24.0 Å². The summed E-state index contributed by atoms with van der Waals surface area (Å²) in [4.78, 5) is 15.4. The first-order valence-electron chi connectivity index (χ1n) is 10.7. The van der Waals surface area contributed by atoms with Gasteiger partial charge in [0.25, 0.3) is 0 Å². The molecule has 1 saturated heterocycles. The van der Waals surface area contributed by atoms with Crippen LogP contribution in [0.2, 0.25) is 18.1 Å². The van der Waals surface area contributed by atoms with Crippen LogP contribution < -0.4 is 0 Å². The van der Waals surface area contributed by atoms with Gasteiger partial charge >= 0.3 is 0 Å². The van der Waals surface area contributed by atoms with Crippen LogP contribution in [0.1, 0.15) is 39.7 Å². The Labute approximate surface area is 187 Å². The predicted octanol–water partition coefficient (Wildman–Crippen LogP) is 6.06. The number of hydrogen-bond donors (Lipinski definition) is 0. The van der Waals surface area contributed by atoms with Crippen molar-refractivity contribution in [2.45, 2.75) is 70.8 Å². The van der Waals surface area contributed by atoms with Gasteiger partial charge in [-0.05, 0) is 36.5 Å². The van der Waals surface area contributed by atoms with Gasteiger partial charge in [0.2, 0.25) is 5.91 Å². The van der Waals surface area contributed by atoms with Crippen LogP contribution in [0.5, 0.6) is 0 Å². The van der Waals surface area contributed by atoms with Gasteiger partial charge in [0, 0.05) is 5.75 Å². The predicted molar refractivity (Wildman–Crippen MR) is 132 cm³/mol. The lowest BCUT2D eigenvalue weighted by atomic mass is 9.98. The second kappa shape index (κ2) is 11.4. The van der Waals surface area contributed by atoms with Gasteiger partial charge in [0.05, 0.1) is 18.1 Å². The maximum Gasteiger partial charge on any atom is 0.233 e. The highest BCUT2D eigenvalue weighted by atomic mass is 32.2. The second-order valence-corrected chi connectivity index (χ2v) is 14.2. The third kappa shape index (κ3) is 6.03. The molecule has 0 unspecified atom stereocenters. The van der Waals surface area contributed by atoms with E-state index in [2.05, 4.69) is 39.5 Å². The van der Waals surface area contributed by atoms with E-state index in [1.54, 1.807) is 11.8 Å². The molecule has 1 aromatic carbocycles. The van der Waals surface area contributed by atoms with Gasteiger partial charge in [-0.2, -0.15) is 0 Å². The minimum atomic E-state index is -1.82.